The van der Waals surface area contributed by atoms with Crippen LogP contribution in [0.15, 0.2) is 42.7 Å². The molecule has 1 fully saturated rings. The number of aromatic nitrogens is 3. The summed E-state index contributed by atoms with van der Waals surface area (Å²) in [6.07, 6.45) is 6.24. The van der Waals surface area contributed by atoms with Crippen molar-refractivity contribution >= 4 is 28.4 Å². The summed E-state index contributed by atoms with van der Waals surface area (Å²) in [6, 6.07) is 10.4. The third-order valence-electron chi connectivity index (χ3n) is 5.26. The van der Waals surface area contributed by atoms with Crippen LogP contribution in [0.5, 0.6) is 0 Å². The highest BCUT2D eigenvalue weighted by Gasteiger charge is 2.18. The van der Waals surface area contributed by atoms with E-state index in [1.165, 1.54) is 23.8 Å². The predicted molar refractivity (Wildman–Crippen MR) is 112 cm³/mol. The molecule has 1 aliphatic rings. The van der Waals surface area contributed by atoms with Gasteiger partial charge < -0.3 is 10.2 Å². The molecule has 0 aliphatic carbocycles. The highest BCUT2D eigenvalue weighted by Crippen LogP contribution is 2.28. The standard InChI is InChI=1S/C22H27N5/c1-15(2)18-8-4-7-17-13-24-21(12-19(17)18)25-20-9-10-23-22(26-20)27-11-5-6-16(3)14-27/h4,7-10,12-13,15-16H,5-6,11,14H2,1-3H3,(H,23,24,25,26)/t16-/m0/s1. The summed E-state index contributed by atoms with van der Waals surface area (Å²) in [5.74, 6) is 3.56. The van der Waals surface area contributed by atoms with Crippen molar-refractivity contribution in [1.29, 1.82) is 0 Å². The van der Waals surface area contributed by atoms with E-state index in [2.05, 4.69) is 65.2 Å². The van der Waals surface area contributed by atoms with Crippen LogP contribution < -0.4 is 10.2 Å². The van der Waals surface area contributed by atoms with Gasteiger partial charge in [-0.05, 0) is 47.8 Å². The summed E-state index contributed by atoms with van der Waals surface area (Å²) in [5, 5.41) is 5.77. The molecule has 0 spiro atoms. The predicted octanol–water partition coefficient (Wildman–Crippen LogP) is 5.13. The number of pyridine rings is 1. The van der Waals surface area contributed by atoms with Crippen LogP contribution in [0.1, 0.15) is 45.1 Å². The summed E-state index contributed by atoms with van der Waals surface area (Å²) in [4.78, 5) is 16.1. The molecule has 2 aromatic heterocycles. The Bertz CT molecular complexity index is 937. The van der Waals surface area contributed by atoms with Gasteiger partial charge in [0.05, 0.1) is 0 Å². The van der Waals surface area contributed by atoms with E-state index in [-0.39, 0.29) is 0 Å². The fourth-order valence-electron chi connectivity index (χ4n) is 3.84. The number of hydrogen-bond acceptors (Lipinski definition) is 5. The Morgan fingerprint density at radius 2 is 2.04 bits per heavy atom. The lowest BCUT2D eigenvalue weighted by Gasteiger charge is -2.30. The average molecular weight is 361 g/mol. The second-order valence-electron chi connectivity index (χ2n) is 7.85. The molecule has 0 amide bonds. The molecule has 0 unspecified atom stereocenters. The van der Waals surface area contributed by atoms with Gasteiger partial charge in [-0.25, -0.2) is 9.97 Å². The summed E-state index contributed by atoms with van der Waals surface area (Å²) in [6.45, 7) is 8.78. The average Bonchev–Trinajstić information content (AvgIpc) is 2.67. The molecule has 1 saturated heterocycles. The van der Waals surface area contributed by atoms with Crippen LogP contribution in [-0.2, 0) is 0 Å². The third kappa shape index (κ3) is 3.87. The molecule has 1 atom stereocenters. The van der Waals surface area contributed by atoms with Crippen LogP contribution >= 0.6 is 0 Å². The molecule has 0 bridgehead atoms. The van der Waals surface area contributed by atoms with Crippen LogP contribution in [0.25, 0.3) is 10.8 Å². The van der Waals surface area contributed by atoms with Crippen molar-refractivity contribution in [1.82, 2.24) is 15.0 Å². The fraction of sp³-hybridized carbons (Fsp3) is 0.409. The van der Waals surface area contributed by atoms with Crippen molar-refractivity contribution in [3.05, 3.63) is 48.3 Å². The molecule has 5 heteroatoms. The molecule has 0 radical (unpaired) electrons. The van der Waals surface area contributed by atoms with Crippen LogP contribution in [-0.4, -0.2) is 28.0 Å². The lowest BCUT2D eigenvalue weighted by molar-refractivity contribution is 0.442. The Balaban J connectivity index is 1.60. The maximum atomic E-state index is 4.73. The summed E-state index contributed by atoms with van der Waals surface area (Å²) in [5.41, 5.74) is 1.34. The van der Waals surface area contributed by atoms with Gasteiger partial charge in [-0.15, -0.1) is 0 Å². The van der Waals surface area contributed by atoms with Gasteiger partial charge in [-0.1, -0.05) is 39.0 Å². The van der Waals surface area contributed by atoms with Crippen LogP contribution in [0.2, 0.25) is 0 Å². The monoisotopic (exact) mass is 361 g/mol. The van der Waals surface area contributed by atoms with E-state index in [1.54, 1.807) is 0 Å². The minimum atomic E-state index is 0.468. The zero-order valence-corrected chi connectivity index (χ0v) is 16.3. The number of piperidine rings is 1. The normalized spacial score (nSPS) is 17.5. The maximum absolute atomic E-state index is 4.73. The van der Waals surface area contributed by atoms with Gasteiger partial charge in [0, 0.05) is 30.9 Å². The van der Waals surface area contributed by atoms with E-state index in [4.69, 9.17) is 4.98 Å². The number of anilines is 3. The van der Waals surface area contributed by atoms with Crippen molar-refractivity contribution in [3.63, 3.8) is 0 Å². The number of nitrogens with zero attached hydrogens (tertiary/aromatic N) is 4. The van der Waals surface area contributed by atoms with E-state index in [9.17, 15) is 0 Å². The van der Waals surface area contributed by atoms with E-state index >= 15 is 0 Å². The lowest BCUT2D eigenvalue weighted by atomic mass is 9.97. The second kappa shape index (κ2) is 7.51. The summed E-state index contributed by atoms with van der Waals surface area (Å²) >= 11 is 0. The molecule has 140 valence electrons. The molecule has 1 N–H and O–H groups in total. The van der Waals surface area contributed by atoms with E-state index in [1.807, 2.05) is 18.5 Å². The number of hydrogen-bond donors (Lipinski definition) is 1. The molecular formula is C22H27N5. The minimum absolute atomic E-state index is 0.468. The van der Waals surface area contributed by atoms with E-state index in [0.29, 0.717) is 11.8 Å². The lowest BCUT2D eigenvalue weighted by Crippen LogP contribution is -2.35. The smallest absolute Gasteiger partial charge is 0.227 e. The first-order chi connectivity index (χ1) is 13.1. The Labute approximate surface area is 160 Å². The first kappa shape index (κ1) is 17.7. The van der Waals surface area contributed by atoms with Gasteiger partial charge in [0.25, 0.3) is 0 Å². The number of fused-ring (bicyclic) bond motifs is 1. The molecule has 27 heavy (non-hydrogen) atoms. The van der Waals surface area contributed by atoms with Crippen molar-refractivity contribution in [2.45, 2.75) is 39.5 Å². The molecular weight excluding hydrogens is 334 g/mol. The van der Waals surface area contributed by atoms with Gasteiger partial charge in [0.15, 0.2) is 0 Å². The molecule has 4 rings (SSSR count). The SMILES string of the molecule is CC(C)c1cccc2cnc(Nc3ccnc(N4CCC[C@H](C)C4)n3)cc12. The van der Waals surface area contributed by atoms with E-state index < -0.39 is 0 Å². The summed E-state index contributed by atoms with van der Waals surface area (Å²) < 4.78 is 0. The van der Waals surface area contributed by atoms with E-state index in [0.717, 1.165) is 36.1 Å². The molecule has 5 nitrogen and oxygen atoms in total. The minimum Gasteiger partial charge on any atom is -0.341 e. The van der Waals surface area contributed by atoms with Gasteiger partial charge in [0.2, 0.25) is 5.95 Å². The van der Waals surface area contributed by atoms with Gasteiger partial charge in [-0.2, -0.15) is 4.98 Å². The zero-order chi connectivity index (χ0) is 18.8. The highest BCUT2D eigenvalue weighted by atomic mass is 15.3. The third-order valence-corrected chi connectivity index (χ3v) is 5.26. The van der Waals surface area contributed by atoms with Crippen LogP contribution in [0, 0.1) is 5.92 Å². The zero-order valence-electron chi connectivity index (χ0n) is 16.3. The van der Waals surface area contributed by atoms with Gasteiger partial charge >= 0.3 is 0 Å². The number of benzene rings is 1. The fourth-order valence-corrected chi connectivity index (χ4v) is 3.84. The number of rotatable bonds is 4. The van der Waals surface area contributed by atoms with Crippen molar-refractivity contribution in [2.24, 2.45) is 5.92 Å². The molecule has 3 aromatic rings. The van der Waals surface area contributed by atoms with Crippen molar-refractivity contribution < 1.29 is 0 Å². The van der Waals surface area contributed by atoms with Crippen molar-refractivity contribution in [3.8, 4) is 0 Å². The topological polar surface area (TPSA) is 53.9 Å². The molecule has 1 aliphatic heterocycles. The van der Waals surface area contributed by atoms with Gasteiger partial charge in [-0.3, -0.25) is 0 Å². The Morgan fingerprint density at radius 3 is 2.85 bits per heavy atom. The first-order valence-corrected chi connectivity index (χ1v) is 9.84. The first-order valence-electron chi connectivity index (χ1n) is 9.84. The Kier molecular flexibility index (Phi) is 4.92. The van der Waals surface area contributed by atoms with Gasteiger partial charge in [0.1, 0.15) is 11.6 Å². The Morgan fingerprint density at radius 1 is 1.15 bits per heavy atom. The summed E-state index contributed by atoms with van der Waals surface area (Å²) in [7, 11) is 0. The quantitative estimate of drug-likeness (QED) is 0.698. The maximum Gasteiger partial charge on any atom is 0.227 e. The Hall–Kier alpha value is -2.69. The molecule has 0 saturated carbocycles. The molecule has 3 heterocycles. The van der Waals surface area contributed by atoms with Crippen LogP contribution in [0.4, 0.5) is 17.6 Å². The number of nitrogens with one attached hydrogen (secondary N) is 1. The second-order valence-corrected chi connectivity index (χ2v) is 7.85. The van der Waals surface area contributed by atoms with Crippen LogP contribution in [0.3, 0.4) is 0 Å². The van der Waals surface area contributed by atoms with Crippen molar-refractivity contribution in [2.75, 3.05) is 23.3 Å². The largest absolute Gasteiger partial charge is 0.341 e. The molecule has 1 aromatic carbocycles. The highest BCUT2D eigenvalue weighted by molar-refractivity contribution is 5.88.